The number of aryl methyl sites for hydroxylation is 1. The molecule has 4 nitrogen and oxygen atoms in total. The molecule has 1 saturated heterocycles. The Balaban J connectivity index is 1.80. The van der Waals surface area contributed by atoms with E-state index < -0.39 is 0 Å². The highest BCUT2D eigenvalue weighted by atomic mass is 15.2. The Morgan fingerprint density at radius 3 is 2.44 bits per heavy atom. The third-order valence-electron chi connectivity index (χ3n) is 3.35. The van der Waals surface area contributed by atoms with E-state index in [0.29, 0.717) is 0 Å². The maximum atomic E-state index is 4.28. The maximum absolute atomic E-state index is 4.28. The van der Waals surface area contributed by atoms with Gasteiger partial charge in [0.1, 0.15) is 0 Å². The van der Waals surface area contributed by atoms with Crippen molar-refractivity contribution >= 4 is 5.69 Å². The van der Waals surface area contributed by atoms with Crippen LogP contribution in [0.15, 0.2) is 30.3 Å². The molecule has 0 saturated carbocycles. The molecule has 1 fully saturated rings. The third kappa shape index (κ3) is 2.24. The second-order valence-corrected chi connectivity index (χ2v) is 4.72. The van der Waals surface area contributed by atoms with Crippen LogP contribution in [0.1, 0.15) is 5.69 Å². The van der Waals surface area contributed by atoms with E-state index in [1.54, 1.807) is 0 Å². The number of hydrogen-bond donors (Lipinski definition) is 2. The van der Waals surface area contributed by atoms with Gasteiger partial charge in [0.25, 0.3) is 0 Å². The minimum absolute atomic E-state index is 1.01. The summed E-state index contributed by atoms with van der Waals surface area (Å²) in [5.74, 6) is 0. The van der Waals surface area contributed by atoms with Crippen LogP contribution in [0.4, 0.5) is 5.69 Å². The van der Waals surface area contributed by atoms with Gasteiger partial charge in [0, 0.05) is 43.1 Å². The minimum atomic E-state index is 1.01. The zero-order valence-corrected chi connectivity index (χ0v) is 10.6. The Bertz CT molecular complexity index is 509. The van der Waals surface area contributed by atoms with Crippen molar-refractivity contribution in [1.82, 2.24) is 15.5 Å². The van der Waals surface area contributed by atoms with Crippen molar-refractivity contribution < 1.29 is 0 Å². The van der Waals surface area contributed by atoms with Crippen LogP contribution in [-0.2, 0) is 0 Å². The molecule has 0 aliphatic carbocycles. The predicted octanol–water partition coefficient (Wildman–Crippen LogP) is 1.79. The van der Waals surface area contributed by atoms with Crippen molar-refractivity contribution in [3.8, 4) is 11.3 Å². The summed E-state index contributed by atoms with van der Waals surface area (Å²) in [6, 6.07) is 10.7. The summed E-state index contributed by atoms with van der Waals surface area (Å²) in [5.41, 5.74) is 4.57. The van der Waals surface area contributed by atoms with Gasteiger partial charge in [-0.05, 0) is 25.1 Å². The van der Waals surface area contributed by atoms with E-state index in [1.807, 2.05) is 6.92 Å². The van der Waals surface area contributed by atoms with E-state index in [4.69, 9.17) is 0 Å². The first-order valence-corrected chi connectivity index (χ1v) is 6.41. The second kappa shape index (κ2) is 4.82. The predicted molar refractivity (Wildman–Crippen MR) is 73.8 cm³/mol. The van der Waals surface area contributed by atoms with Crippen molar-refractivity contribution in [3.63, 3.8) is 0 Å². The van der Waals surface area contributed by atoms with Crippen LogP contribution in [0.25, 0.3) is 11.3 Å². The molecule has 1 aliphatic rings. The zero-order valence-electron chi connectivity index (χ0n) is 10.6. The minimum Gasteiger partial charge on any atom is -0.369 e. The summed E-state index contributed by atoms with van der Waals surface area (Å²) in [4.78, 5) is 2.41. The van der Waals surface area contributed by atoms with Gasteiger partial charge in [-0.1, -0.05) is 12.1 Å². The molecule has 18 heavy (non-hydrogen) atoms. The van der Waals surface area contributed by atoms with Crippen molar-refractivity contribution in [2.75, 3.05) is 31.1 Å². The summed E-state index contributed by atoms with van der Waals surface area (Å²) in [5, 5.41) is 10.6. The number of H-pyrrole nitrogens is 1. The molecule has 1 aromatic heterocycles. The third-order valence-corrected chi connectivity index (χ3v) is 3.35. The van der Waals surface area contributed by atoms with Gasteiger partial charge in [0.2, 0.25) is 0 Å². The van der Waals surface area contributed by atoms with Gasteiger partial charge in [-0.2, -0.15) is 5.10 Å². The quantitative estimate of drug-likeness (QED) is 0.844. The number of aromatic nitrogens is 2. The smallest absolute Gasteiger partial charge is 0.0923 e. The Hall–Kier alpha value is -1.81. The molecule has 2 N–H and O–H groups in total. The van der Waals surface area contributed by atoms with Crippen LogP contribution in [-0.4, -0.2) is 36.4 Å². The van der Waals surface area contributed by atoms with Gasteiger partial charge < -0.3 is 10.2 Å². The highest BCUT2D eigenvalue weighted by molar-refractivity contribution is 5.63. The molecule has 0 unspecified atom stereocenters. The number of benzene rings is 1. The van der Waals surface area contributed by atoms with Gasteiger partial charge in [0.15, 0.2) is 0 Å². The number of rotatable bonds is 2. The van der Waals surface area contributed by atoms with Gasteiger partial charge in [-0.3, -0.25) is 5.10 Å². The number of aromatic amines is 1. The first-order valence-electron chi connectivity index (χ1n) is 6.41. The van der Waals surface area contributed by atoms with Crippen LogP contribution >= 0.6 is 0 Å². The van der Waals surface area contributed by atoms with Crippen LogP contribution in [0.5, 0.6) is 0 Å². The van der Waals surface area contributed by atoms with Gasteiger partial charge in [-0.25, -0.2) is 0 Å². The van der Waals surface area contributed by atoms with E-state index in [0.717, 1.165) is 37.6 Å². The van der Waals surface area contributed by atoms with Crippen molar-refractivity contribution in [1.29, 1.82) is 0 Å². The molecule has 0 atom stereocenters. The number of nitrogens with zero attached hydrogens (tertiary/aromatic N) is 2. The Kier molecular flexibility index (Phi) is 3.02. The normalized spacial score (nSPS) is 15.9. The van der Waals surface area contributed by atoms with Crippen LogP contribution in [0, 0.1) is 6.92 Å². The lowest BCUT2D eigenvalue weighted by molar-refractivity contribution is 0.589. The highest BCUT2D eigenvalue weighted by Crippen LogP contribution is 2.22. The molecular weight excluding hydrogens is 224 g/mol. The first-order chi connectivity index (χ1) is 8.83. The average molecular weight is 242 g/mol. The molecule has 2 heterocycles. The summed E-state index contributed by atoms with van der Waals surface area (Å²) >= 11 is 0. The number of hydrogen-bond acceptors (Lipinski definition) is 3. The second-order valence-electron chi connectivity index (χ2n) is 4.72. The van der Waals surface area contributed by atoms with E-state index in [9.17, 15) is 0 Å². The fourth-order valence-electron chi connectivity index (χ4n) is 2.33. The fourth-order valence-corrected chi connectivity index (χ4v) is 2.33. The van der Waals surface area contributed by atoms with Gasteiger partial charge >= 0.3 is 0 Å². The van der Waals surface area contributed by atoms with Crippen LogP contribution < -0.4 is 10.2 Å². The number of anilines is 1. The largest absolute Gasteiger partial charge is 0.369 e. The van der Waals surface area contributed by atoms with Crippen molar-refractivity contribution in [2.24, 2.45) is 0 Å². The van der Waals surface area contributed by atoms with Crippen molar-refractivity contribution in [3.05, 3.63) is 36.0 Å². The van der Waals surface area contributed by atoms with Crippen LogP contribution in [0.2, 0.25) is 0 Å². The molecule has 3 rings (SSSR count). The summed E-state index contributed by atoms with van der Waals surface area (Å²) in [7, 11) is 0. The lowest BCUT2D eigenvalue weighted by Crippen LogP contribution is -2.43. The molecule has 0 amide bonds. The summed E-state index contributed by atoms with van der Waals surface area (Å²) < 4.78 is 0. The van der Waals surface area contributed by atoms with Crippen molar-refractivity contribution in [2.45, 2.75) is 6.92 Å². The molecule has 94 valence electrons. The molecular formula is C14H18N4. The number of nitrogens with one attached hydrogen (secondary N) is 2. The topological polar surface area (TPSA) is 44.0 Å². The van der Waals surface area contributed by atoms with Gasteiger partial charge in [-0.15, -0.1) is 0 Å². The van der Waals surface area contributed by atoms with E-state index >= 15 is 0 Å². The standard InChI is InChI=1S/C14H18N4/c1-11-10-14(17-16-11)12-2-4-13(5-3-12)18-8-6-15-7-9-18/h2-5,10,15H,6-9H2,1H3,(H,16,17). The van der Waals surface area contributed by atoms with E-state index in [-0.39, 0.29) is 0 Å². The molecule has 1 aromatic carbocycles. The average Bonchev–Trinajstić information content (AvgIpc) is 2.87. The van der Waals surface area contributed by atoms with Gasteiger partial charge in [0.05, 0.1) is 5.69 Å². The summed E-state index contributed by atoms with van der Waals surface area (Å²) in [6.07, 6.45) is 0. The monoisotopic (exact) mass is 242 g/mol. The molecule has 2 aromatic rings. The maximum Gasteiger partial charge on any atom is 0.0923 e. The zero-order chi connectivity index (χ0) is 12.4. The fraction of sp³-hybridized carbons (Fsp3) is 0.357. The van der Waals surface area contributed by atoms with E-state index in [1.165, 1.54) is 11.3 Å². The summed E-state index contributed by atoms with van der Waals surface area (Å²) in [6.45, 7) is 6.33. The van der Waals surface area contributed by atoms with E-state index in [2.05, 4.69) is 50.7 Å². The Labute approximate surface area is 107 Å². The number of piperazine rings is 1. The molecule has 0 bridgehead atoms. The Morgan fingerprint density at radius 1 is 1.11 bits per heavy atom. The Morgan fingerprint density at radius 2 is 1.83 bits per heavy atom. The molecule has 0 spiro atoms. The SMILES string of the molecule is Cc1cc(-c2ccc(N3CCNCC3)cc2)n[nH]1. The lowest BCUT2D eigenvalue weighted by atomic mass is 10.1. The lowest BCUT2D eigenvalue weighted by Gasteiger charge is -2.29. The molecule has 4 heteroatoms. The molecule has 1 aliphatic heterocycles. The highest BCUT2D eigenvalue weighted by Gasteiger charge is 2.10. The van der Waals surface area contributed by atoms with Crippen LogP contribution in [0.3, 0.4) is 0 Å². The first kappa shape index (κ1) is 11.3. The molecule has 0 radical (unpaired) electrons.